The van der Waals surface area contributed by atoms with Crippen LogP contribution < -0.4 is 9.64 Å². The lowest BCUT2D eigenvalue weighted by molar-refractivity contribution is -0.0210. The number of anilines is 1. The summed E-state index contributed by atoms with van der Waals surface area (Å²) < 4.78 is 41.1. The van der Waals surface area contributed by atoms with Crippen LogP contribution in [-0.2, 0) is 14.3 Å². The van der Waals surface area contributed by atoms with Crippen molar-refractivity contribution in [2.75, 3.05) is 24.6 Å². The van der Waals surface area contributed by atoms with E-state index in [1.807, 2.05) is 31.3 Å². The summed E-state index contributed by atoms with van der Waals surface area (Å²) >= 11 is 1.66. The van der Waals surface area contributed by atoms with Crippen molar-refractivity contribution in [3.8, 4) is 5.75 Å². The highest BCUT2D eigenvalue weighted by Gasteiger charge is 2.20. The smallest absolute Gasteiger partial charge is 0.299 e. The number of aliphatic hydroxyl groups is 1. The lowest BCUT2D eigenvalue weighted by Gasteiger charge is -2.25. The van der Waals surface area contributed by atoms with Crippen molar-refractivity contribution in [2.45, 2.75) is 50.2 Å². The Bertz CT molecular complexity index is 1520. The molecule has 4 aromatic rings. The van der Waals surface area contributed by atoms with Gasteiger partial charge in [0.1, 0.15) is 11.3 Å². The number of aryl methyl sites for hydroxylation is 1. The van der Waals surface area contributed by atoms with Crippen molar-refractivity contribution in [3.05, 3.63) is 65.0 Å². The van der Waals surface area contributed by atoms with Crippen LogP contribution in [-0.4, -0.2) is 49.5 Å². The lowest BCUT2D eigenvalue weighted by Crippen LogP contribution is -2.29. The fourth-order valence-corrected chi connectivity index (χ4v) is 6.06. The number of benzene rings is 2. The van der Waals surface area contributed by atoms with Crippen LogP contribution in [0.5, 0.6) is 5.75 Å². The van der Waals surface area contributed by atoms with Crippen molar-refractivity contribution in [1.29, 1.82) is 0 Å². The molecule has 11 heteroatoms. The number of fused-ring (bicyclic) bond motifs is 1. The van der Waals surface area contributed by atoms with Gasteiger partial charge in [0.15, 0.2) is 17.0 Å². The molecule has 5 rings (SSSR count). The molecule has 1 N–H and O–H groups in total. The van der Waals surface area contributed by atoms with E-state index in [2.05, 4.69) is 14.9 Å². The Hall–Kier alpha value is -3.25. The zero-order valence-corrected chi connectivity index (χ0v) is 23.3. The minimum absolute atomic E-state index is 0.00670. The summed E-state index contributed by atoms with van der Waals surface area (Å²) in [6.45, 7) is 4.26. The summed E-state index contributed by atoms with van der Waals surface area (Å²) in [5, 5.41) is 11.1. The van der Waals surface area contributed by atoms with Gasteiger partial charge in [-0.25, -0.2) is 14.2 Å². The minimum Gasteiger partial charge on any atom is -0.493 e. The van der Waals surface area contributed by atoms with Crippen molar-refractivity contribution >= 4 is 49.8 Å². The summed E-state index contributed by atoms with van der Waals surface area (Å²) in [6.07, 6.45) is 8.42. The average molecular weight is 570 g/mol. The molecule has 2 aromatic carbocycles. The van der Waals surface area contributed by atoms with E-state index in [-0.39, 0.29) is 17.9 Å². The first-order valence-electron chi connectivity index (χ1n) is 13.0. The zero-order chi connectivity index (χ0) is 27.2. The largest absolute Gasteiger partial charge is 0.493 e. The van der Waals surface area contributed by atoms with E-state index in [4.69, 9.17) is 13.3 Å². The Morgan fingerprint density at radius 1 is 1.13 bits per heavy atom. The Morgan fingerprint density at radius 3 is 2.72 bits per heavy atom. The fourth-order valence-electron chi connectivity index (χ4n) is 4.23. The second kappa shape index (κ2) is 12.3. The summed E-state index contributed by atoms with van der Waals surface area (Å²) in [5.41, 5.74) is 2.24. The number of oxazole rings is 1. The third-order valence-electron chi connectivity index (χ3n) is 6.32. The molecule has 1 atom stereocenters. The fraction of sp³-hybridized carbons (Fsp3) is 0.357. The number of ether oxygens (including phenoxy) is 1. The molecule has 1 aliphatic rings. The molecule has 0 aliphatic carbocycles. The van der Waals surface area contributed by atoms with Gasteiger partial charge >= 0.3 is 0 Å². The molecule has 0 spiro atoms. The molecule has 206 valence electrons. The second-order valence-electron chi connectivity index (χ2n) is 9.42. The molecule has 0 radical (unpaired) electrons. The highest BCUT2D eigenvalue weighted by Crippen LogP contribution is 2.28. The van der Waals surface area contributed by atoms with E-state index in [0.29, 0.717) is 29.2 Å². The average Bonchev–Trinajstić information content (AvgIpc) is 3.57. The first kappa shape index (κ1) is 27.3. The Morgan fingerprint density at radius 2 is 1.92 bits per heavy atom. The molecule has 0 bridgehead atoms. The van der Waals surface area contributed by atoms with E-state index in [1.54, 1.807) is 35.6 Å². The molecule has 1 fully saturated rings. The molecule has 9 nitrogen and oxygen atoms in total. The number of piperidine rings is 1. The quantitative estimate of drug-likeness (QED) is 0.139. The van der Waals surface area contributed by atoms with Gasteiger partial charge in [0, 0.05) is 42.7 Å². The van der Waals surface area contributed by atoms with Crippen LogP contribution >= 0.6 is 11.3 Å². The highest BCUT2D eigenvalue weighted by molar-refractivity contribution is 7.86. The van der Waals surface area contributed by atoms with E-state index < -0.39 is 16.4 Å². The molecule has 1 aliphatic heterocycles. The van der Waals surface area contributed by atoms with Gasteiger partial charge in [-0.15, -0.1) is 0 Å². The topological polar surface area (TPSA) is 115 Å². The Balaban J connectivity index is 1.10. The maximum atomic E-state index is 12.3. The van der Waals surface area contributed by atoms with E-state index in [9.17, 15) is 13.5 Å². The molecule has 0 saturated carbocycles. The van der Waals surface area contributed by atoms with Crippen molar-refractivity contribution < 1.29 is 26.9 Å². The van der Waals surface area contributed by atoms with Crippen molar-refractivity contribution in [3.63, 3.8) is 0 Å². The molecule has 2 aromatic heterocycles. The van der Waals surface area contributed by atoms with Gasteiger partial charge < -0.3 is 19.2 Å². The van der Waals surface area contributed by atoms with Gasteiger partial charge in [0.2, 0.25) is 5.89 Å². The highest BCUT2D eigenvalue weighted by atomic mass is 32.2. The number of nitrogens with zero attached hydrogens (tertiary/aromatic N) is 3. The maximum Gasteiger partial charge on any atom is 0.299 e. The van der Waals surface area contributed by atoms with Crippen LogP contribution in [0.3, 0.4) is 0 Å². The van der Waals surface area contributed by atoms with Crippen molar-refractivity contribution in [2.24, 2.45) is 0 Å². The van der Waals surface area contributed by atoms with Gasteiger partial charge in [0.05, 0.1) is 11.5 Å². The SMILES string of the molecule is Cc1ccc(S(=O)(=O)OC(O)CCCOc2ccc3nc(/C=C/c4cnc(N5CCCCC5)s4)oc3c2)cc1. The maximum absolute atomic E-state index is 12.3. The van der Waals surface area contributed by atoms with Gasteiger partial charge in [-0.05, 0) is 62.9 Å². The number of aromatic nitrogens is 2. The molecule has 3 heterocycles. The number of hydrogen-bond donors (Lipinski definition) is 1. The Kier molecular flexibility index (Phi) is 8.61. The molecular weight excluding hydrogens is 538 g/mol. The standard InChI is InChI=1S/C28H31N3O6S2/c1-20-7-11-23(12-8-20)39(33,34)37-27(32)6-5-17-35-21-9-13-24-25(18-21)36-26(30-24)14-10-22-19-29-28(38-22)31-15-3-2-4-16-31/h7-14,18-19,27,32H,2-6,15-17H2,1H3/b14-10+. The van der Waals surface area contributed by atoms with Gasteiger partial charge in [-0.1, -0.05) is 29.0 Å². The monoisotopic (exact) mass is 569 g/mol. The normalized spacial score (nSPS) is 15.3. The summed E-state index contributed by atoms with van der Waals surface area (Å²) in [5.74, 6) is 1.08. The molecule has 1 saturated heterocycles. The number of aliphatic hydroxyl groups excluding tert-OH is 1. The predicted octanol–water partition coefficient (Wildman–Crippen LogP) is 5.64. The molecule has 39 heavy (non-hydrogen) atoms. The van der Waals surface area contributed by atoms with Crippen LogP contribution in [0, 0.1) is 6.92 Å². The summed E-state index contributed by atoms with van der Waals surface area (Å²) in [7, 11) is -4.04. The molecule has 1 unspecified atom stereocenters. The predicted molar refractivity (Wildman–Crippen MR) is 151 cm³/mol. The van der Waals surface area contributed by atoms with Gasteiger partial charge in [-0.3, -0.25) is 0 Å². The van der Waals surface area contributed by atoms with Gasteiger partial charge in [0.25, 0.3) is 10.1 Å². The molecular formula is C28H31N3O6S2. The first-order valence-corrected chi connectivity index (χ1v) is 15.2. The summed E-state index contributed by atoms with van der Waals surface area (Å²) in [6, 6.07) is 11.6. The summed E-state index contributed by atoms with van der Waals surface area (Å²) in [4.78, 5) is 12.5. The second-order valence-corrected chi connectivity index (χ2v) is 12.0. The third-order valence-corrected chi connectivity index (χ3v) is 8.66. The lowest BCUT2D eigenvalue weighted by atomic mass is 10.1. The number of hydrogen-bond acceptors (Lipinski definition) is 10. The number of thiazole rings is 1. The minimum atomic E-state index is -4.04. The third kappa shape index (κ3) is 7.24. The van der Waals surface area contributed by atoms with E-state index in [0.717, 1.165) is 28.7 Å². The van der Waals surface area contributed by atoms with Crippen LogP contribution in [0.2, 0.25) is 0 Å². The Labute approximate surface area is 231 Å². The van der Waals surface area contributed by atoms with Gasteiger partial charge in [-0.2, -0.15) is 8.42 Å². The zero-order valence-electron chi connectivity index (χ0n) is 21.7. The van der Waals surface area contributed by atoms with E-state index >= 15 is 0 Å². The van der Waals surface area contributed by atoms with E-state index in [1.165, 1.54) is 31.4 Å². The van der Waals surface area contributed by atoms with Crippen LogP contribution in [0.15, 0.2) is 58.0 Å². The van der Waals surface area contributed by atoms with Crippen LogP contribution in [0.25, 0.3) is 23.3 Å². The van der Waals surface area contributed by atoms with Crippen LogP contribution in [0.1, 0.15) is 48.4 Å². The number of rotatable bonds is 11. The molecule has 0 amide bonds. The van der Waals surface area contributed by atoms with Crippen LogP contribution in [0.4, 0.5) is 5.13 Å². The first-order chi connectivity index (χ1) is 18.9. The van der Waals surface area contributed by atoms with Crippen molar-refractivity contribution in [1.82, 2.24) is 9.97 Å².